The molecule has 4 heteroatoms. The molecular weight excluding hydrogens is 216 g/mol. The van der Waals surface area contributed by atoms with Crippen molar-refractivity contribution in [1.82, 2.24) is 10.0 Å². The number of benzene rings is 1. The minimum atomic E-state index is -0.0825. The highest BCUT2D eigenvalue weighted by molar-refractivity contribution is 5.97. The van der Waals surface area contributed by atoms with Gasteiger partial charge in [0.2, 0.25) is 0 Å². The third kappa shape index (κ3) is 1.91. The number of aromatic amines is 1. The van der Waals surface area contributed by atoms with Crippen LogP contribution in [0.3, 0.4) is 0 Å². The van der Waals surface area contributed by atoms with Crippen molar-refractivity contribution in [2.45, 2.75) is 12.8 Å². The lowest BCUT2D eigenvalue weighted by Crippen LogP contribution is -2.35. The van der Waals surface area contributed by atoms with Crippen LogP contribution in [0.5, 0.6) is 0 Å². The molecule has 1 amide bonds. The number of para-hydroxylation sites is 1. The van der Waals surface area contributed by atoms with Crippen LogP contribution in [0.25, 0.3) is 10.9 Å². The number of nitrogens with one attached hydrogen (secondary N) is 1. The van der Waals surface area contributed by atoms with Gasteiger partial charge in [0.25, 0.3) is 5.91 Å². The monoisotopic (exact) mass is 230 g/mol. The van der Waals surface area contributed by atoms with Gasteiger partial charge in [0.05, 0.1) is 6.61 Å². The van der Waals surface area contributed by atoms with E-state index in [1.165, 1.54) is 5.06 Å². The van der Waals surface area contributed by atoms with E-state index in [9.17, 15) is 4.79 Å². The second kappa shape index (κ2) is 4.22. The summed E-state index contributed by atoms with van der Waals surface area (Å²) in [5.41, 5.74) is 1.57. The molecule has 4 nitrogen and oxygen atoms in total. The summed E-state index contributed by atoms with van der Waals surface area (Å²) in [7, 11) is 0. The molecule has 0 saturated carbocycles. The van der Waals surface area contributed by atoms with E-state index in [-0.39, 0.29) is 5.91 Å². The van der Waals surface area contributed by atoms with Crippen molar-refractivity contribution < 1.29 is 9.63 Å². The summed E-state index contributed by atoms with van der Waals surface area (Å²) >= 11 is 0. The van der Waals surface area contributed by atoms with E-state index < -0.39 is 0 Å². The van der Waals surface area contributed by atoms with Crippen molar-refractivity contribution in [2.75, 3.05) is 13.2 Å². The van der Waals surface area contributed by atoms with Crippen LogP contribution in [0.4, 0.5) is 0 Å². The van der Waals surface area contributed by atoms with Crippen LogP contribution < -0.4 is 0 Å². The van der Waals surface area contributed by atoms with Crippen LogP contribution in [0, 0.1) is 0 Å². The van der Waals surface area contributed by atoms with Crippen LogP contribution in [0.1, 0.15) is 23.3 Å². The summed E-state index contributed by atoms with van der Waals surface area (Å²) in [4.78, 5) is 20.6. The number of rotatable bonds is 1. The Morgan fingerprint density at radius 1 is 1.29 bits per heavy atom. The maximum absolute atomic E-state index is 12.1. The summed E-state index contributed by atoms with van der Waals surface area (Å²) in [6, 6.07) is 9.73. The van der Waals surface area contributed by atoms with Gasteiger partial charge in [-0.05, 0) is 25.0 Å². The van der Waals surface area contributed by atoms with Crippen LogP contribution >= 0.6 is 0 Å². The largest absolute Gasteiger partial charge is 0.350 e. The van der Waals surface area contributed by atoms with Crippen LogP contribution in [-0.2, 0) is 4.84 Å². The second-order valence-corrected chi connectivity index (χ2v) is 4.22. The van der Waals surface area contributed by atoms with Crippen molar-refractivity contribution >= 4 is 16.8 Å². The fourth-order valence-electron chi connectivity index (χ4n) is 2.08. The fraction of sp³-hybridized carbons (Fsp3) is 0.308. The van der Waals surface area contributed by atoms with Crippen molar-refractivity contribution in [2.24, 2.45) is 0 Å². The van der Waals surface area contributed by atoms with Crippen LogP contribution in [0.15, 0.2) is 30.3 Å². The number of aromatic nitrogens is 1. The van der Waals surface area contributed by atoms with Gasteiger partial charge in [-0.1, -0.05) is 18.2 Å². The maximum Gasteiger partial charge on any atom is 0.293 e. The Kier molecular flexibility index (Phi) is 2.57. The van der Waals surface area contributed by atoms with E-state index in [0.29, 0.717) is 18.8 Å². The number of H-pyrrole nitrogens is 1. The molecule has 1 saturated heterocycles. The first-order valence-corrected chi connectivity index (χ1v) is 5.87. The van der Waals surface area contributed by atoms with E-state index in [1.54, 1.807) is 0 Å². The highest BCUT2D eigenvalue weighted by Gasteiger charge is 2.20. The molecule has 1 aliphatic rings. The van der Waals surface area contributed by atoms with Gasteiger partial charge >= 0.3 is 0 Å². The third-order valence-corrected chi connectivity index (χ3v) is 2.99. The number of carbonyl (C=O) groups is 1. The second-order valence-electron chi connectivity index (χ2n) is 4.22. The normalized spacial score (nSPS) is 16.4. The Hall–Kier alpha value is -1.81. The molecule has 1 N–H and O–H groups in total. The quantitative estimate of drug-likeness (QED) is 0.817. The zero-order chi connectivity index (χ0) is 11.7. The summed E-state index contributed by atoms with van der Waals surface area (Å²) < 4.78 is 0. The van der Waals surface area contributed by atoms with Gasteiger partial charge in [-0.2, -0.15) is 0 Å². The van der Waals surface area contributed by atoms with Gasteiger partial charge in [0.15, 0.2) is 0 Å². The van der Waals surface area contributed by atoms with Gasteiger partial charge in [-0.3, -0.25) is 9.63 Å². The molecule has 1 fully saturated rings. The maximum atomic E-state index is 12.1. The van der Waals surface area contributed by atoms with E-state index in [0.717, 1.165) is 23.7 Å². The molecule has 0 bridgehead atoms. The molecule has 0 atom stereocenters. The number of carbonyl (C=O) groups excluding carboxylic acids is 1. The first-order chi connectivity index (χ1) is 8.34. The van der Waals surface area contributed by atoms with Gasteiger partial charge in [0.1, 0.15) is 5.69 Å². The smallest absolute Gasteiger partial charge is 0.293 e. The molecule has 0 spiro atoms. The van der Waals surface area contributed by atoms with Gasteiger partial charge in [-0.15, -0.1) is 0 Å². The zero-order valence-electron chi connectivity index (χ0n) is 9.48. The molecular formula is C13H14N2O2. The van der Waals surface area contributed by atoms with E-state index in [1.807, 2.05) is 30.3 Å². The third-order valence-electron chi connectivity index (χ3n) is 2.99. The number of hydroxylamine groups is 2. The van der Waals surface area contributed by atoms with Crippen molar-refractivity contribution in [3.63, 3.8) is 0 Å². The predicted octanol–water partition coefficient (Wildman–Crippen LogP) is 2.34. The molecule has 1 aromatic heterocycles. The number of hydrogen-bond donors (Lipinski definition) is 1. The Bertz CT molecular complexity index is 508. The van der Waals surface area contributed by atoms with Crippen molar-refractivity contribution in [3.8, 4) is 0 Å². The number of nitrogens with zero attached hydrogens (tertiary/aromatic N) is 1. The summed E-state index contributed by atoms with van der Waals surface area (Å²) in [6.07, 6.45) is 2.03. The fourth-order valence-corrected chi connectivity index (χ4v) is 2.08. The Balaban J connectivity index is 1.89. The van der Waals surface area contributed by atoms with Crippen LogP contribution in [-0.4, -0.2) is 29.1 Å². The molecule has 0 aliphatic carbocycles. The van der Waals surface area contributed by atoms with E-state index >= 15 is 0 Å². The Labute approximate surface area is 99.1 Å². The molecule has 3 rings (SSSR count). The lowest BCUT2D eigenvalue weighted by atomic mass is 10.2. The highest BCUT2D eigenvalue weighted by atomic mass is 16.7. The molecule has 2 heterocycles. The number of fused-ring (bicyclic) bond motifs is 1. The van der Waals surface area contributed by atoms with Crippen molar-refractivity contribution in [3.05, 3.63) is 36.0 Å². The summed E-state index contributed by atoms with van der Waals surface area (Å²) in [5.74, 6) is -0.0825. The summed E-state index contributed by atoms with van der Waals surface area (Å²) in [6.45, 7) is 1.31. The van der Waals surface area contributed by atoms with E-state index in [4.69, 9.17) is 4.84 Å². The Morgan fingerprint density at radius 3 is 2.94 bits per heavy atom. The molecule has 1 aromatic carbocycles. The molecule has 1 aliphatic heterocycles. The van der Waals surface area contributed by atoms with Gasteiger partial charge < -0.3 is 4.98 Å². The first kappa shape index (κ1) is 10.4. The number of hydrogen-bond acceptors (Lipinski definition) is 2. The molecule has 0 unspecified atom stereocenters. The summed E-state index contributed by atoms with van der Waals surface area (Å²) in [5, 5.41) is 2.50. The molecule has 88 valence electrons. The lowest BCUT2D eigenvalue weighted by Gasteiger charge is -2.25. The standard InChI is InChI=1S/C13H14N2O2/c16-13(15-7-3-4-8-17-15)12-9-10-5-1-2-6-11(10)14-12/h1-2,5-6,9,14H,3-4,7-8H2. The predicted molar refractivity (Wildman–Crippen MR) is 64.5 cm³/mol. The minimum Gasteiger partial charge on any atom is -0.350 e. The minimum absolute atomic E-state index is 0.0825. The average Bonchev–Trinajstić information content (AvgIpc) is 2.82. The molecule has 0 radical (unpaired) electrons. The Morgan fingerprint density at radius 2 is 2.18 bits per heavy atom. The van der Waals surface area contributed by atoms with Gasteiger partial charge in [-0.25, -0.2) is 5.06 Å². The highest BCUT2D eigenvalue weighted by Crippen LogP contribution is 2.17. The number of amides is 1. The first-order valence-electron chi connectivity index (χ1n) is 5.87. The van der Waals surface area contributed by atoms with E-state index in [2.05, 4.69) is 4.98 Å². The molecule has 17 heavy (non-hydrogen) atoms. The van der Waals surface area contributed by atoms with Gasteiger partial charge in [0, 0.05) is 17.4 Å². The zero-order valence-corrected chi connectivity index (χ0v) is 9.48. The topological polar surface area (TPSA) is 45.3 Å². The molecule has 2 aromatic rings. The lowest BCUT2D eigenvalue weighted by molar-refractivity contribution is -0.144. The van der Waals surface area contributed by atoms with Crippen molar-refractivity contribution in [1.29, 1.82) is 0 Å². The van der Waals surface area contributed by atoms with Crippen LogP contribution in [0.2, 0.25) is 0 Å². The SMILES string of the molecule is O=C(c1cc2ccccc2[nH]1)N1CCCCO1. The average molecular weight is 230 g/mol.